The van der Waals surface area contributed by atoms with E-state index in [1.807, 2.05) is 27.7 Å². The van der Waals surface area contributed by atoms with Crippen LogP contribution < -0.4 is 0 Å². The third-order valence-corrected chi connectivity index (χ3v) is 11.0. The quantitative estimate of drug-likeness (QED) is 0.199. The van der Waals surface area contributed by atoms with Gasteiger partial charge in [0.1, 0.15) is 0 Å². The van der Waals surface area contributed by atoms with Crippen molar-refractivity contribution in [2.75, 3.05) is 10.7 Å². The van der Waals surface area contributed by atoms with Crippen LogP contribution >= 0.6 is 95.6 Å². The van der Waals surface area contributed by atoms with Crippen LogP contribution in [0.2, 0.25) is 0 Å². The van der Waals surface area contributed by atoms with Gasteiger partial charge in [-0.15, -0.1) is 0 Å². The monoisotopic (exact) mass is 726 g/mol. The number of carbonyl (C=O) groups excluding carboxylic acids is 2. The van der Waals surface area contributed by atoms with E-state index in [4.69, 9.17) is 9.47 Å². The Balaban J connectivity index is 4.61. The highest BCUT2D eigenvalue weighted by Crippen LogP contribution is 2.47. The highest BCUT2D eigenvalue weighted by atomic mass is 79.9. The topological polar surface area (TPSA) is 52.6 Å². The molecule has 0 N–H and O–H groups in total. The largest absolute Gasteiger partial charge is 0.436 e. The Morgan fingerprint density at radius 2 is 0.958 bits per heavy atom. The molecule has 0 saturated heterocycles. The van der Waals surface area contributed by atoms with E-state index in [9.17, 15) is 9.59 Å². The summed E-state index contributed by atoms with van der Waals surface area (Å²) in [4.78, 5) is 24.0. The van der Waals surface area contributed by atoms with E-state index in [0.717, 1.165) is 0 Å². The standard InChI is InChI=1S/C14H20Br6O4/c1-11(2,7-15)13(17,18)23-9(21)5-6-10(22)24-14(19,20)12(3,4)8-16/h5-8H2,1-4H3. The van der Waals surface area contributed by atoms with Crippen LogP contribution in [-0.4, -0.2) is 29.4 Å². The number of carbonyl (C=O) groups is 2. The van der Waals surface area contributed by atoms with E-state index in [1.165, 1.54) is 0 Å². The molecule has 0 radical (unpaired) electrons. The Morgan fingerprint density at radius 1 is 0.708 bits per heavy atom. The van der Waals surface area contributed by atoms with Crippen LogP contribution in [0.15, 0.2) is 0 Å². The molecule has 0 aromatic carbocycles. The number of rotatable bonds is 9. The van der Waals surface area contributed by atoms with Gasteiger partial charge in [0, 0.05) is 21.5 Å². The molecule has 142 valence electrons. The van der Waals surface area contributed by atoms with E-state index in [1.54, 1.807) is 0 Å². The average molecular weight is 732 g/mol. The van der Waals surface area contributed by atoms with E-state index in [2.05, 4.69) is 95.6 Å². The van der Waals surface area contributed by atoms with Crippen molar-refractivity contribution in [3.63, 3.8) is 0 Å². The van der Waals surface area contributed by atoms with Crippen molar-refractivity contribution in [2.45, 2.75) is 47.4 Å². The lowest BCUT2D eigenvalue weighted by Gasteiger charge is -2.36. The summed E-state index contributed by atoms with van der Waals surface area (Å²) in [6, 6.07) is 0. The summed E-state index contributed by atoms with van der Waals surface area (Å²) in [5, 5.41) is 1.20. The van der Waals surface area contributed by atoms with Gasteiger partial charge in [-0.3, -0.25) is 9.59 Å². The van der Waals surface area contributed by atoms with Crippen molar-refractivity contribution in [3.05, 3.63) is 0 Å². The van der Waals surface area contributed by atoms with E-state index in [0.29, 0.717) is 10.7 Å². The predicted molar refractivity (Wildman–Crippen MR) is 118 cm³/mol. The molecule has 0 bridgehead atoms. The molecule has 0 aliphatic heterocycles. The maximum absolute atomic E-state index is 12.0. The van der Waals surface area contributed by atoms with Crippen LogP contribution in [0.25, 0.3) is 0 Å². The zero-order chi connectivity index (χ0) is 19.4. The summed E-state index contributed by atoms with van der Waals surface area (Å²) >= 11 is 20.2. The zero-order valence-corrected chi connectivity index (χ0v) is 23.2. The third kappa shape index (κ3) is 7.44. The molecular weight excluding hydrogens is 712 g/mol. The van der Waals surface area contributed by atoms with Gasteiger partial charge >= 0.3 is 11.9 Å². The molecule has 0 aromatic heterocycles. The Labute approximate surface area is 193 Å². The first-order valence-electron chi connectivity index (χ1n) is 6.93. The lowest BCUT2D eigenvalue weighted by atomic mass is 9.98. The van der Waals surface area contributed by atoms with Gasteiger partial charge in [0.15, 0.2) is 0 Å². The number of esters is 2. The molecule has 0 aliphatic rings. The second kappa shape index (κ2) is 9.85. The Bertz CT molecular complexity index is 420. The maximum Gasteiger partial charge on any atom is 0.308 e. The Morgan fingerprint density at radius 3 is 1.17 bits per heavy atom. The van der Waals surface area contributed by atoms with Crippen LogP contribution in [0.5, 0.6) is 0 Å². The maximum atomic E-state index is 12.0. The van der Waals surface area contributed by atoms with Crippen molar-refractivity contribution < 1.29 is 19.1 Å². The van der Waals surface area contributed by atoms with Crippen LogP contribution in [0.1, 0.15) is 40.5 Å². The lowest BCUT2D eigenvalue weighted by molar-refractivity contribution is -0.156. The van der Waals surface area contributed by atoms with Crippen molar-refractivity contribution in [3.8, 4) is 0 Å². The van der Waals surface area contributed by atoms with E-state index in [-0.39, 0.29) is 12.8 Å². The fourth-order valence-corrected chi connectivity index (χ4v) is 4.60. The molecule has 4 nitrogen and oxygen atoms in total. The number of hydrogen-bond acceptors (Lipinski definition) is 4. The minimum atomic E-state index is -1.02. The first-order valence-corrected chi connectivity index (χ1v) is 12.3. The first kappa shape index (κ1) is 25.8. The fourth-order valence-electron chi connectivity index (χ4n) is 1.02. The molecular formula is C14H20Br6O4. The summed E-state index contributed by atoms with van der Waals surface area (Å²) in [5.41, 5.74) is -0.798. The Kier molecular flexibility index (Phi) is 10.6. The minimum Gasteiger partial charge on any atom is -0.436 e. The van der Waals surface area contributed by atoms with Gasteiger partial charge < -0.3 is 9.47 Å². The summed E-state index contributed by atoms with van der Waals surface area (Å²) < 4.78 is 8.73. The molecule has 0 saturated carbocycles. The normalized spacial score (nSPS) is 13.6. The summed E-state index contributed by atoms with van der Waals surface area (Å²) in [7, 11) is 0. The van der Waals surface area contributed by atoms with Gasteiger partial charge in [0.25, 0.3) is 0 Å². The van der Waals surface area contributed by atoms with Crippen molar-refractivity contribution >= 4 is 108 Å². The summed E-state index contributed by atoms with van der Waals surface area (Å²) in [6.45, 7) is 7.66. The van der Waals surface area contributed by atoms with Gasteiger partial charge in [-0.25, -0.2) is 0 Å². The second-order valence-corrected chi connectivity index (χ2v) is 14.2. The van der Waals surface area contributed by atoms with Crippen LogP contribution in [0, 0.1) is 10.8 Å². The number of alkyl halides is 6. The van der Waals surface area contributed by atoms with E-state index >= 15 is 0 Å². The molecule has 24 heavy (non-hydrogen) atoms. The smallest absolute Gasteiger partial charge is 0.308 e. The second-order valence-electron chi connectivity index (χ2n) is 6.52. The van der Waals surface area contributed by atoms with Crippen molar-refractivity contribution in [1.82, 2.24) is 0 Å². The highest BCUT2D eigenvalue weighted by Gasteiger charge is 2.45. The first-order chi connectivity index (χ1) is 10.6. The minimum absolute atomic E-state index is 0.0824. The van der Waals surface area contributed by atoms with Gasteiger partial charge in [0.2, 0.25) is 6.84 Å². The Hall–Kier alpha value is 1.82. The van der Waals surface area contributed by atoms with Gasteiger partial charge in [-0.1, -0.05) is 59.6 Å². The molecule has 0 fully saturated rings. The number of halogens is 6. The molecule has 0 amide bonds. The average Bonchev–Trinajstić information content (AvgIpc) is 2.43. The van der Waals surface area contributed by atoms with Gasteiger partial charge in [0.05, 0.1) is 12.8 Å². The van der Waals surface area contributed by atoms with Gasteiger partial charge in [-0.2, -0.15) is 0 Å². The lowest BCUT2D eigenvalue weighted by Crippen LogP contribution is -2.40. The van der Waals surface area contributed by atoms with Crippen LogP contribution in [-0.2, 0) is 19.1 Å². The van der Waals surface area contributed by atoms with E-state index < -0.39 is 29.6 Å². The molecule has 0 unspecified atom stereocenters. The van der Waals surface area contributed by atoms with Crippen LogP contribution in [0.3, 0.4) is 0 Å². The highest BCUT2D eigenvalue weighted by molar-refractivity contribution is 9.25. The molecule has 0 atom stereocenters. The van der Waals surface area contributed by atoms with Crippen molar-refractivity contribution in [1.29, 1.82) is 0 Å². The third-order valence-electron chi connectivity index (χ3n) is 3.26. The summed E-state index contributed by atoms with van der Waals surface area (Å²) in [5.74, 6) is -1.02. The zero-order valence-electron chi connectivity index (χ0n) is 13.7. The van der Waals surface area contributed by atoms with Crippen LogP contribution in [0.4, 0.5) is 0 Å². The van der Waals surface area contributed by atoms with Gasteiger partial charge in [-0.05, 0) is 63.7 Å². The predicted octanol–water partition coefficient (Wildman–Crippen LogP) is 6.58. The SMILES string of the molecule is CC(C)(CBr)C(Br)(Br)OC(=O)CCC(=O)OC(Br)(Br)C(C)(C)CBr. The molecule has 0 heterocycles. The molecule has 0 aliphatic carbocycles. The molecule has 0 rings (SSSR count). The fraction of sp³-hybridized carbons (Fsp3) is 0.857. The summed E-state index contributed by atoms with van der Waals surface area (Å²) in [6.07, 6.45) is -0.165. The molecule has 10 heteroatoms. The van der Waals surface area contributed by atoms with Crippen molar-refractivity contribution in [2.24, 2.45) is 10.8 Å². The number of ether oxygens (including phenoxy) is 2. The molecule has 0 spiro atoms. The number of hydrogen-bond donors (Lipinski definition) is 0. The molecule has 0 aromatic rings.